The van der Waals surface area contributed by atoms with Crippen molar-refractivity contribution >= 4 is 64.6 Å². The molecule has 7 rings (SSSR count). The third-order valence-corrected chi connectivity index (χ3v) is 16.9. The normalized spacial score (nSPS) is 23.4. The van der Waals surface area contributed by atoms with E-state index in [1.807, 2.05) is 61.5 Å². The lowest BCUT2D eigenvalue weighted by Gasteiger charge is -2.42. The van der Waals surface area contributed by atoms with E-state index in [0.29, 0.717) is 69.7 Å². The van der Waals surface area contributed by atoms with Crippen LogP contribution in [0.5, 0.6) is 5.75 Å². The van der Waals surface area contributed by atoms with Gasteiger partial charge in [0, 0.05) is 77.5 Å². The molecule has 6 amide bonds. The summed E-state index contributed by atoms with van der Waals surface area (Å²) in [5.41, 5.74) is 2.04. The van der Waals surface area contributed by atoms with E-state index in [1.165, 1.54) is 42.9 Å². The van der Waals surface area contributed by atoms with E-state index in [1.54, 1.807) is 57.1 Å². The molecule has 3 N–H and O–H groups in total. The first kappa shape index (κ1) is 70.1. The van der Waals surface area contributed by atoms with Crippen LogP contribution in [0.15, 0.2) is 84.5 Å². The fraction of sp³-hybridized carbons (Fsp3) is 0.530. The molecule has 0 radical (unpaired) electrons. The maximum Gasteiger partial charge on any atom is 0.409 e. The minimum atomic E-state index is -1.88. The molecule has 24 heteroatoms. The van der Waals surface area contributed by atoms with E-state index < -0.39 is 71.6 Å². The van der Waals surface area contributed by atoms with Gasteiger partial charge in [-0.1, -0.05) is 84.5 Å². The number of carbonyl (C=O) groups excluding carboxylic acids is 7. The van der Waals surface area contributed by atoms with Crippen molar-refractivity contribution in [3.8, 4) is 17.6 Å². The van der Waals surface area contributed by atoms with E-state index >= 15 is 0 Å². The summed E-state index contributed by atoms with van der Waals surface area (Å²) in [6, 6.07) is 17.6. The lowest BCUT2D eigenvalue weighted by molar-refractivity contribution is -0.162. The number of nitrogens with zero attached hydrogens (tertiary/aromatic N) is 4. The first-order valence-corrected chi connectivity index (χ1v) is 30.6. The van der Waals surface area contributed by atoms with Crippen LogP contribution in [-0.2, 0) is 79.6 Å². The number of hydrogen-bond acceptors (Lipinski definition) is 17. The monoisotopic (exact) mass is 1270 g/mol. The Balaban J connectivity index is 0.781. The van der Waals surface area contributed by atoms with Crippen molar-refractivity contribution in [1.82, 2.24) is 20.4 Å². The minimum Gasteiger partial charge on any atom is -0.495 e. The third kappa shape index (κ3) is 18.8. The molecule has 2 fully saturated rings. The van der Waals surface area contributed by atoms with Gasteiger partial charge in [0.1, 0.15) is 40.7 Å². The summed E-state index contributed by atoms with van der Waals surface area (Å²) in [7, 11) is 7.54. The van der Waals surface area contributed by atoms with Crippen molar-refractivity contribution in [3.63, 3.8) is 0 Å². The Labute approximate surface area is 531 Å². The highest BCUT2D eigenvalue weighted by Gasteiger charge is 2.64. The van der Waals surface area contributed by atoms with Gasteiger partial charge in [-0.2, -0.15) is 0 Å². The van der Waals surface area contributed by atoms with Gasteiger partial charge >= 0.3 is 12.1 Å². The zero-order chi connectivity index (χ0) is 65.1. The highest BCUT2D eigenvalue weighted by atomic mass is 35.5. The van der Waals surface area contributed by atoms with Crippen molar-refractivity contribution in [1.29, 1.82) is 0 Å². The second kappa shape index (κ2) is 33.1. The molecular weight excluding hydrogens is 1180 g/mol. The Kier molecular flexibility index (Phi) is 25.7. The number of allylic oxidation sites excluding steroid dienone is 3. The molecule has 0 aromatic heterocycles. The number of fused-ring (bicyclic) bond motifs is 7. The summed E-state index contributed by atoms with van der Waals surface area (Å²) in [4.78, 5) is 99.8. The number of alkyl carbamates (subject to hydrolysis) is 1. The molecule has 90 heavy (non-hydrogen) atoms. The highest BCUT2D eigenvalue weighted by molar-refractivity contribution is 6.35. The van der Waals surface area contributed by atoms with Gasteiger partial charge in [0.25, 0.3) is 0 Å². The predicted octanol–water partition coefficient (Wildman–Crippen LogP) is 5.66. The van der Waals surface area contributed by atoms with Gasteiger partial charge in [0.15, 0.2) is 5.72 Å². The summed E-state index contributed by atoms with van der Waals surface area (Å²) < 4.78 is 51.8. The van der Waals surface area contributed by atoms with Gasteiger partial charge in [-0.25, -0.2) is 9.59 Å². The van der Waals surface area contributed by atoms with Gasteiger partial charge in [0.05, 0.1) is 97.0 Å². The van der Waals surface area contributed by atoms with Gasteiger partial charge in [-0.05, 0) is 75.1 Å². The van der Waals surface area contributed by atoms with Crippen LogP contribution in [0, 0.1) is 17.8 Å². The van der Waals surface area contributed by atoms with Crippen LogP contribution in [0.25, 0.3) is 0 Å². The number of epoxide rings is 1. The smallest absolute Gasteiger partial charge is 0.409 e. The van der Waals surface area contributed by atoms with Crippen LogP contribution < -0.4 is 25.2 Å². The van der Waals surface area contributed by atoms with Crippen LogP contribution in [0.1, 0.15) is 88.5 Å². The quantitative estimate of drug-likeness (QED) is 0.0379. The second-order valence-corrected chi connectivity index (χ2v) is 23.3. The summed E-state index contributed by atoms with van der Waals surface area (Å²) in [5.74, 6) is 3.63. The van der Waals surface area contributed by atoms with Crippen LogP contribution in [0.3, 0.4) is 0 Å². The molecule has 0 saturated carbocycles. The third-order valence-electron chi connectivity index (χ3n) is 16.5. The molecule has 8 atom stereocenters. The van der Waals surface area contributed by atoms with Gasteiger partial charge in [-0.15, -0.1) is 0 Å². The summed E-state index contributed by atoms with van der Waals surface area (Å²) in [6.07, 6.45) is 0.734. The van der Waals surface area contributed by atoms with Crippen molar-refractivity contribution in [3.05, 3.63) is 112 Å². The number of nitrogens with one attached hydrogen (secondary N) is 2. The van der Waals surface area contributed by atoms with Crippen molar-refractivity contribution in [2.75, 3.05) is 111 Å². The molecule has 23 nitrogen and oxygen atoms in total. The molecule has 3 aromatic carbocycles. The molecule has 4 bridgehead atoms. The van der Waals surface area contributed by atoms with E-state index in [9.17, 15) is 38.7 Å². The first-order chi connectivity index (χ1) is 43.1. The number of esters is 1. The van der Waals surface area contributed by atoms with Crippen LogP contribution in [-0.4, -0.2) is 200 Å². The number of ether oxygens (including phenoxy) is 9. The fourth-order valence-corrected chi connectivity index (χ4v) is 11.1. The molecular formula is C66H85ClN6O17. The number of methoxy groups -OCH3 is 2. The summed E-state index contributed by atoms with van der Waals surface area (Å²) in [5, 5.41) is 17.3. The van der Waals surface area contributed by atoms with Gasteiger partial charge in [0.2, 0.25) is 29.5 Å². The largest absolute Gasteiger partial charge is 0.495 e. The molecule has 4 aliphatic heterocycles. The van der Waals surface area contributed by atoms with E-state index in [2.05, 4.69) is 22.5 Å². The fourth-order valence-electron chi connectivity index (χ4n) is 10.8. The number of rotatable bonds is 26. The van der Waals surface area contributed by atoms with Crippen molar-refractivity contribution in [2.45, 2.75) is 121 Å². The Morgan fingerprint density at radius 1 is 0.878 bits per heavy atom. The first-order valence-electron chi connectivity index (χ1n) is 30.2. The molecule has 4 heterocycles. The van der Waals surface area contributed by atoms with Crippen LogP contribution in [0.4, 0.5) is 16.2 Å². The van der Waals surface area contributed by atoms with Crippen LogP contribution in [0.2, 0.25) is 5.02 Å². The van der Waals surface area contributed by atoms with Crippen molar-refractivity contribution < 1.29 is 81.3 Å². The number of para-hydroxylation sites is 1. The zero-order valence-corrected chi connectivity index (χ0v) is 53.6. The average molecular weight is 1270 g/mol. The number of carbonyl (C=O) groups is 7. The molecule has 0 aliphatic carbocycles. The Morgan fingerprint density at radius 3 is 2.22 bits per heavy atom. The topological polar surface area (TPSA) is 263 Å². The number of aliphatic hydroxyl groups is 1. The highest BCUT2D eigenvalue weighted by Crippen LogP contribution is 2.49. The Bertz CT molecular complexity index is 3170. The number of halogens is 1. The Hall–Kier alpha value is -7.40. The minimum absolute atomic E-state index is 0.0437. The van der Waals surface area contributed by atoms with E-state index in [0.717, 1.165) is 27.8 Å². The number of anilines is 2. The van der Waals surface area contributed by atoms with Crippen LogP contribution >= 0.6 is 11.6 Å². The Morgan fingerprint density at radius 2 is 1.52 bits per heavy atom. The average Bonchev–Trinajstić information content (AvgIpc) is 1.57. The SMILES string of the molecule is COc1cc2cc(c1Cl)N(C)C(=O)C[C@H](OC(=O)[C@H](C)N(C)C(=O)CCCC(=O)N(C)CCOCCOCCOCCOCCC(=O)NCC(=O)N1Cc3ccccc3C#Cc3ccccc31)[C@]1(C)O[C@H]1[C@H](C)[C@@H]1C[C@@](O)(NC(=O)O1)[C@H](OC)/C=C/C=C(\C)C2. The summed E-state index contributed by atoms with van der Waals surface area (Å²) >= 11 is 6.83. The lowest BCUT2D eigenvalue weighted by Crippen LogP contribution is -2.63. The lowest BCUT2D eigenvalue weighted by atomic mass is 9.83. The standard InChI is InChI=1S/C66H85ClN6O17/c1-43-16-14-21-54(83-9)66(81)40-53(88-64(80)69-66)44(2)62-65(4,90-62)55(39-59(77)72(7)51-37-46(36-43)38-52(82-8)61(51)67)89-63(79)45(3)71(6)58(76)23-15-22-57(75)70(5)27-29-85-31-33-87-35-34-86-32-30-84-28-26-56(74)68-41-60(78)73-42-49-19-11-10-17-47(49)24-25-48-18-12-13-20-50(48)73/h10-14,16-21,37-38,44-45,53-55,62,81H,15,22-23,26-36,39-42H2,1-9H3,(H,68,74)(H,69,80)/b21-14+,43-16+/t44-,45+,53+,54-,55+,62+,65+,66+/m1/s1. The molecule has 2 saturated heterocycles. The molecule has 488 valence electrons. The summed E-state index contributed by atoms with van der Waals surface area (Å²) in [6.45, 7) is 9.57. The number of amides is 6. The van der Waals surface area contributed by atoms with Crippen molar-refractivity contribution in [2.24, 2.45) is 5.92 Å². The zero-order valence-electron chi connectivity index (χ0n) is 52.8. The second-order valence-electron chi connectivity index (χ2n) is 23.0. The van der Waals surface area contributed by atoms with E-state index in [-0.39, 0.29) is 87.6 Å². The van der Waals surface area contributed by atoms with E-state index in [4.69, 9.17) is 54.2 Å². The predicted molar refractivity (Wildman–Crippen MR) is 333 cm³/mol. The number of likely N-dealkylation sites (N-methyl/N-ethyl adjacent to an activating group) is 2. The number of hydrogen-bond donors (Lipinski definition) is 3. The molecule has 4 aliphatic rings. The molecule has 0 unspecified atom stereocenters. The maximum absolute atomic E-state index is 14.4. The maximum atomic E-state index is 14.4. The van der Waals surface area contributed by atoms with Gasteiger partial charge in [-0.3, -0.25) is 29.3 Å². The molecule has 3 aromatic rings. The molecule has 0 spiro atoms. The number of benzene rings is 3. The van der Waals surface area contributed by atoms with Gasteiger partial charge < -0.3 is 72.7 Å².